The van der Waals surface area contributed by atoms with Crippen LogP contribution in [0.5, 0.6) is 5.75 Å². The predicted octanol–water partition coefficient (Wildman–Crippen LogP) is 4.35. The lowest BCUT2D eigenvalue weighted by Crippen LogP contribution is -2.10. The van der Waals surface area contributed by atoms with E-state index in [0.29, 0.717) is 5.01 Å². The monoisotopic (exact) mass is 480 g/mol. The van der Waals surface area contributed by atoms with E-state index in [1.807, 2.05) is 6.07 Å². The number of nitrogens with zero attached hydrogens (tertiary/aromatic N) is 5. The van der Waals surface area contributed by atoms with Crippen LogP contribution in [0.4, 0.5) is 14.6 Å². The summed E-state index contributed by atoms with van der Waals surface area (Å²) in [6, 6.07) is 8.35. The predicted molar refractivity (Wildman–Crippen MR) is 121 cm³/mol. The Balaban J connectivity index is 1.83. The molecule has 0 amide bonds. The quantitative estimate of drug-likeness (QED) is 0.407. The van der Waals surface area contributed by atoms with Crippen LogP contribution in [0.15, 0.2) is 36.5 Å². The van der Waals surface area contributed by atoms with E-state index in [0.717, 1.165) is 23.5 Å². The number of hydrogen-bond acceptors (Lipinski definition) is 8. The van der Waals surface area contributed by atoms with Gasteiger partial charge in [0, 0.05) is 36.5 Å². The molecule has 0 unspecified atom stereocenters. The molecule has 0 aliphatic carbocycles. The van der Waals surface area contributed by atoms with Crippen LogP contribution in [0, 0.1) is 29.9 Å². The second-order valence-corrected chi connectivity index (χ2v) is 8.59. The number of benzene rings is 1. The van der Waals surface area contributed by atoms with Gasteiger partial charge in [0.05, 0.1) is 10.7 Å². The van der Waals surface area contributed by atoms with Crippen molar-refractivity contribution in [3.8, 4) is 23.1 Å². The fourth-order valence-corrected chi connectivity index (χ4v) is 4.34. The van der Waals surface area contributed by atoms with Crippen molar-refractivity contribution in [1.29, 1.82) is 5.26 Å². The number of ketones is 1. The first-order valence-electron chi connectivity index (χ1n) is 10.0. The first-order valence-corrected chi connectivity index (χ1v) is 10.8. The van der Waals surface area contributed by atoms with E-state index < -0.39 is 23.5 Å². The van der Waals surface area contributed by atoms with Crippen molar-refractivity contribution >= 4 is 22.9 Å². The molecule has 2 N–H and O–H groups in total. The summed E-state index contributed by atoms with van der Waals surface area (Å²) >= 11 is 1.05. The molecular weight excluding hydrogens is 462 g/mol. The Morgan fingerprint density at radius 1 is 1.32 bits per heavy atom. The first-order chi connectivity index (χ1) is 16.2. The molecule has 1 atom stereocenters. The molecule has 0 spiro atoms. The molecule has 0 aliphatic heterocycles. The van der Waals surface area contributed by atoms with Crippen LogP contribution in [0.3, 0.4) is 0 Å². The van der Waals surface area contributed by atoms with Gasteiger partial charge in [-0.2, -0.15) is 10.4 Å². The number of carbonyl (C=O) groups excluding carboxylic acids is 1. The number of rotatable bonds is 6. The largest absolute Gasteiger partial charge is 0.482 e. The maximum atomic E-state index is 15.2. The van der Waals surface area contributed by atoms with Crippen LogP contribution < -0.4 is 10.5 Å². The van der Waals surface area contributed by atoms with Gasteiger partial charge in [0.1, 0.15) is 40.1 Å². The van der Waals surface area contributed by atoms with Gasteiger partial charge in [-0.3, -0.25) is 9.48 Å². The lowest BCUT2D eigenvalue weighted by molar-refractivity contribution is 0.103. The van der Waals surface area contributed by atoms with Gasteiger partial charge in [0.15, 0.2) is 11.6 Å². The number of carbonyl (C=O) groups is 1. The third-order valence-corrected chi connectivity index (χ3v) is 6.00. The van der Waals surface area contributed by atoms with Crippen molar-refractivity contribution in [2.75, 3.05) is 5.73 Å². The molecule has 172 valence electrons. The number of hydrogen-bond donors (Lipinski definition) is 1. The van der Waals surface area contributed by atoms with Crippen LogP contribution in [-0.2, 0) is 7.05 Å². The number of ether oxygens (including phenoxy) is 1. The number of aryl methyl sites for hydroxylation is 2. The molecule has 0 radical (unpaired) electrons. The van der Waals surface area contributed by atoms with Crippen LogP contribution in [0.25, 0.3) is 11.3 Å². The molecule has 0 bridgehead atoms. The summed E-state index contributed by atoms with van der Waals surface area (Å²) in [7, 11) is 1.54. The maximum absolute atomic E-state index is 15.2. The normalized spacial score (nSPS) is 11.8. The summed E-state index contributed by atoms with van der Waals surface area (Å²) in [5, 5.41) is 13.8. The van der Waals surface area contributed by atoms with E-state index >= 15 is 4.39 Å². The lowest BCUT2D eigenvalue weighted by Gasteiger charge is -2.19. The van der Waals surface area contributed by atoms with E-state index in [9.17, 15) is 14.4 Å². The van der Waals surface area contributed by atoms with Crippen LogP contribution in [0.2, 0.25) is 0 Å². The molecular formula is C23H18F2N6O2S. The van der Waals surface area contributed by atoms with Gasteiger partial charge in [-0.05, 0) is 32.0 Å². The standard InChI is InChI=1S/C23H18F2N6O2S/c1-11(33-18-5-4-6-28-23(18)27)15-7-13(24)8-16(25)19(15)20-22(34-12(2)29-20)21(32)17-9-14(10-26)31(3)30-17/h4-9,11H,1-3H3,(H2,27,28)/t11-/m1/s1. The molecule has 4 rings (SSSR count). The van der Waals surface area contributed by atoms with E-state index in [1.54, 1.807) is 26.0 Å². The van der Waals surface area contributed by atoms with Crippen LogP contribution in [0.1, 0.15) is 44.7 Å². The Morgan fingerprint density at radius 2 is 2.09 bits per heavy atom. The smallest absolute Gasteiger partial charge is 0.225 e. The summed E-state index contributed by atoms with van der Waals surface area (Å²) in [6.45, 7) is 3.27. The highest BCUT2D eigenvalue weighted by Gasteiger charge is 2.28. The minimum atomic E-state index is -0.900. The molecule has 11 heteroatoms. The van der Waals surface area contributed by atoms with E-state index in [4.69, 9.17) is 10.5 Å². The number of nitrogens with two attached hydrogens (primary N) is 1. The molecule has 34 heavy (non-hydrogen) atoms. The number of pyridine rings is 1. The van der Waals surface area contributed by atoms with E-state index in [2.05, 4.69) is 15.1 Å². The third-order valence-electron chi connectivity index (χ3n) is 5.03. The Hall–Kier alpha value is -4.17. The summed E-state index contributed by atoms with van der Waals surface area (Å²) < 4.78 is 36.6. The Labute approximate surface area is 197 Å². The summed E-state index contributed by atoms with van der Waals surface area (Å²) in [4.78, 5) is 21.7. The van der Waals surface area contributed by atoms with Gasteiger partial charge < -0.3 is 10.5 Å². The van der Waals surface area contributed by atoms with E-state index in [1.165, 1.54) is 24.0 Å². The van der Waals surface area contributed by atoms with Crippen molar-refractivity contribution in [3.63, 3.8) is 0 Å². The number of halogens is 2. The second-order valence-electron chi connectivity index (χ2n) is 7.39. The molecule has 0 saturated carbocycles. The molecule has 1 aromatic carbocycles. The van der Waals surface area contributed by atoms with Gasteiger partial charge in [0.25, 0.3) is 0 Å². The minimum absolute atomic E-state index is 0.0143. The molecule has 4 aromatic rings. The number of anilines is 1. The summed E-state index contributed by atoms with van der Waals surface area (Å²) in [6.07, 6.45) is 0.627. The molecule has 0 saturated heterocycles. The highest BCUT2D eigenvalue weighted by molar-refractivity contribution is 7.14. The number of aromatic nitrogens is 4. The Bertz CT molecular complexity index is 1460. The molecule has 3 heterocycles. The topological polar surface area (TPSA) is 120 Å². The first kappa shape index (κ1) is 23.0. The third kappa shape index (κ3) is 4.23. The zero-order valence-corrected chi connectivity index (χ0v) is 19.2. The molecule has 0 fully saturated rings. The van der Waals surface area contributed by atoms with Crippen LogP contribution in [-0.4, -0.2) is 25.5 Å². The Kier molecular flexibility index (Phi) is 6.08. The minimum Gasteiger partial charge on any atom is -0.482 e. The second kappa shape index (κ2) is 8.99. The number of thiazole rings is 1. The van der Waals surface area contributed by atoms with Gasteiger partial charge >= 0.3 is 0 Å². The Morgan fingerprint density at radius 3 is 2.76 bits per heavy atom. The van der Waals surface area contributed by atoms with Crippen LogP contribution >= 0.6 is 11.3 Å². The molecule has 0 aliphatic rings. The summed E-state index contributed by atoms with van der Waals surface area (Å²) in [5.74, 6) is -1.88. The highest BCUT2D eigenvalue weighted by Crippen LogP contribution is 2.38. The average molecular weight is 481 g/mol. The fourth-order valence-electron chi connectivity index (χ4n) is 3.47. The maximum Gasteiger partial charge on any atom is 0.225 e. The molecule has 3 aromatic heterocycles. The number of nitriles is 1. The lowest BCUT2D eigenvalue weighted by atomic mass is 9.97. The zero-order chi connectivity index (χ0) is 24.6. The molecule has 8 nitrogen and oxygen atoms in total. The van der Waals surface area contributed by atoms with Crippen molar-refractivity contribution in [1.82, 2.24) is 19.7 Å². The SMILES string of the molecule is Cc1nc(-c2c(F)cc(F)cc2[C@@H](C)Oc2cccnc2N)c(C(=O)c2cc(C#N)n(C)n2)s1. The van der Waals surface area contributed by atoms with Crippen molar-refractivity contribution in [2.24, 2.45) is 7.05 Å². The van der Waals surface area contributed by atoms with Gasteiger partial charge in [-0.25, -0.2) is 18.7 Å². The van der Waals surface area contributed by atoms with Gasteiger partial charge in [0.2, 0.25) is 5.78 Å². The van der Waals surface area contributed by atoms with E-state index in [-0.39, 0.29) is 44.7 Å². The average Bonchev–Trinajstić information content (AvgIpc) is 3.36. The van der Waals surface area contributed by atoms with Gasteiger partial charge in [-0.15, -0.1) is 11.3 Å². The van der Waals surface area contributed by atoms with Gasteiger partial charge in [-0.1, -0.05) is 0 Å². The summed E-state index contributed by atoms with van der Waals surface area (Å²) in [5.41, 5.74) is 6.16. The number of nitrogen functional groups attached to an aromatic ring is 1. The van der Waals surface area contributed by atoms with Crippen molar-refractivity contribution in [2.45, 2.75) is 20.0 Å². The van der Waals surface area contributed by atoms with Crippen molar-refractivity contribution < 1.29 is 18.3 Å². The highest BCUT2D eigenvalue weighted by atomic mass is 32.1. The zero-order valence-electron chi connectivity index (χ0n) is 18.3. The van der Waals surface area contributed by atoms with Crippen molar-refractivity contribution in [3.05, 3.63) is 75.0 Å². The fraction of sp³-hybridized carbons (Fsp3) is 0.174.